The first-order chi connectivity index (χ1) is 18.6. The van der Waals surface area contributed by atoms with Gasteiger partial charge in [0, 0.05) is 32.4 Å². The highest BCUT2D eigenvalue weighted by Crippen LogP contribution is 2.33. The highest BCUT2D eigenvalue weighted by Gasteiger charge is 2.34. The summed E-state index contributed by atoms with van der Waals surface area (Å²) in [6.07, 6.45) is -3.96. The molecule has 0 radical (unpaired) electrons. The number of carbonyl (C=O) groups is 3. The van der Waals surface area contributed by atoms with Crippen LogP contribution in [0, 0.1) is 5.82 Å². The fourth-order valence-corrected chi connectivity index (χ4v) is 4.35. The van der Waals surface area contributed by atoms with Gasteiger partial charge in [-0.05, 0) is 47.5 Å². The number of piperazine rings is 1. The normalized spacial score (nSPS) is 15.6. The fraction of sp³-hybridized carbons (Fsp3) is 0.250. The quantitative estimate of drug-likeness (QED) is 0.351. The van der Waals surface area contributed by atoms with Crippen LogP contribution < -0.4 is 10.1 Å². The molecule has 1 fully saturated rings. The Hall–Kier alpha value is -4.41. The van der Waals surface area contributed by atoms with Crippen molar-refractivity contribution in [2.45, 2.75) is 12.2 Å². The van der Waals surface area contributed by atoms with Gasteiger partial charge in [0.2, 0.25) is 0 Å². The number of para-hydroxylation sites is 1. The van der Waals surface area contributed by atoms with E-state index in [-0.39, 0.29) is 36.5 Å². The maximum absolute atomic E-state index is 13.8. The first-order valence-corrected chi connectivity index (χ1v) is 12.0. The van der Waals surface area contributed by atoms with Crippen LogP contribution in [0.4, 0.5) is 23.2 Å². The Bertz CT molecular complexity index is 1380. The lowest BCUT2D eigenvalue weighted by molar-refractivity contribution is -0.138. The first-order valence-electron chi connectivity index (χ1n) is 12.0. The number of benzene rings is 3. The van der Waals surface area contributed by atoms with Crippen LogP contribution in [0.2, 0.25) is 0 Å². The summed E-state index contributed by atoms with van der Waals surface area (Å²) in [5.74, 6) is -1.68. The number of alkyl halides is 3. The Balaban J connectivity index is 1.51. The molecule has 39 heavy (non-hydrogen) atoms. The maximum Gasteiger partial charge on any atom is 0.416 e. The van der Waals surface area contributed by atoms with E-state index in [1.807, 2.05) is 0 Å². The van der Waals surface area contributed by atoms with Gasteiger partial charge in [0.05, 0.1) is 11.1 Å². The van der Waals surface area contributed by atoms with E-state index in [9.17, 15) is 31.9 Å². The summed E-state index contributed by atoms with van der Waals surface area (Å²) >= 11 is 0. The minimum absolute atomic E-state index is 0.0324. The van der Waals surface area contributed by atoms with Crippen molar-refractivity contribution in [3.63, 3.8) is 0 Å². The van der Waals surface area contributed by atoms with Crippen LogP contribution in [0.1, 0.15) is 15.9 Å². The summed E-state index contributed by atoms with van der Waals surface area (Å²) in [6, 6.07) is 14.1. The summed E-state index contributed by atoms with van der Waals surface area (Å²) in [5, 5.41) is 2.90. The molecule has 1 N–H and O–H groups in total. The van der Waals surface area contributed by atoms with E-state index in [1.165, 1.54) is 46.2 Å². The fourth-order valence-electron chi connectivity index (χ4n) is 4.35. The van der Waals surface area contributed by atoms with Crippen molar-refractivity contribution >= 4 is 23.8 Å². The Labute approximate surface area is 222 Å². The lowest BCUT2D eigenvalue weighted by Crippen LogP contribution is -2.58. The molecule has 3 aromatic rings. The van der Waals surface area contributed by atoms with Crippen LogP contribution in [0.25, 0.3) is 11.1 Å². The van der Waals surface area contributed by atoms with Gasteiger partial charge < -0.3 is 24.6 Å². The van der Waals surface area contributed by atoms with Gasteiger partial charge in [-0.3, -0.25) is 9.59 Å². The summed E-state index contributed by atoms with van der Waals surface area (Å²) in [4.78, 5) is 40.8. The Morgan fingerprint density at radius 1 is 1.03 bits per heavy atom. The average molecular weight is 544 g/mol. The molecule has 0 bridgehead atoms. The van der Waals surface area contributed by atoms with Crippen molar-refractivity contribution in [1.82, 2.24) is 9.80 Å². The number of hydrogen-bond acceptors (Lipinski definition) is 5. The number of aldehydes is 1. The van der Waals surface area contributed by atoms with Gasteiger partial charge >= 0.3 is 6.18 Å². The molecule has 1 saturated heterocycles. The number of anilines is 1. The van der Waals surface area contributed by atoms with E-state index < -0.39 is 42.0 Å². The lowest BCUT2D eigenvalue weighted by atomic mass is 9.98. The smallest absolute Gasteiger partial charge is 0.416 e. The summed E-state index contributed by atoms with van der Waals surface area (Å²) in [5.41, 5.74) is 0.453. The Morgan fingerprint density at radius 2 is 1.77 bits per heavy atom. The largest absolute Gasteiger partial charge is 0.481 e. The van der Waals surface area contributed by atoms with Gasteiger partial charge in [0.1, 0.15) is 12.3 Å². The van der Waals surface area contributed by atoms with E-state index in [2.05, 4.69) is 5.32 Å². The molecular weight excluding hydrogens is 518 g/mol. The van der Waals surface area contributed by atoms with Crippen LogP contribution in [0.5, 0.6) is 5.75 Å². The maximum atomic E-state index is 13.8. The minimum atomic E-state index is -4.52. The number of ether oxygens (including phenoxy) is 1. The van der Waals surface area contributed by atoms with Crippen molar-refractivity contribution in [3.05, 3.63) is 83.7 Å². The van der Waals surface area contributed by atoms with Crippen LogP contribution >= 0.6 is 0 Å². The van der Waals surface area contributed by atoms with E-state index in [4.69, 9.17) is 4.74 Å². The second-order valence-corrected chi connectivity index (χ2v) is 8.85. The second-order valence-electron chi connectivity index (χ2n) is 8.85. The highest BCUT2D eigenvalue weighted by molar-refractivity contribution is 6.02. The third kappa shape index (κ3) is 6.19. The van der Waals surface area contributed by atoms with Crippen molar-refractivity contribution in [3.8, 4) is 16.9 Å². The molecule has 7 nitrogen and oxygen atoms in total. The number of amides is 2. The van der Waals surface area contributed by atoms with Crippen LogP contribution in [0.3, 0.4) is 0 Å². The molecule has 1 aliphatic heterocycles. The molecule has 204 valence electrons. The number of hydrogen-bond donors (Lipinski definition) is 1. The molecule has 1 unspecified atom stereocenters. The molecule has 1 atom stereocenters. The number of nitrogens with one attached hydrogen (secondary N) is 1. The van der Waals surface area contributed by atoms with Crippen molar-refractivity contribution < 1.29 is 36.7 Å². The van der Waals surface area contributed by atoms with Gasteiger partial charge in [0.15, 0.2) is 18.2 Å². The van der Waals surface area contributed by atoms with Gasteiger partial charge in [-0.2, -0.15) is 13.2 Å². The van der Waals surface area contributed by atoms with Crippen molar-refractivity contribution in [2.24, 2.45) is 0 Å². The molecule has 0 saturated carbocycles. The molecule has 4 rings (SSSR count). The van der Waals surface area contributed by atoms with Crippen LogP contribution in [-0.4, -0.2) is 67.2 Å². The summed E-state index contributed by atoms with van der Waals surface area (Å²) < 4.78 is 58.7. The van der Waals surface area contributed by atoms with Crippen molar-refractivity contribution in [1.29, 1.82) is 0 Å². The molecule has 11 heteroatoms. The first kappa shape index (κ1) is 27.6. The third-order valence-corrected chi connectivity index (χ3v) is 6.42. The van der Waals surface area contributed by atoms with Crippen LogP contribution in [0.15, 0.2) is 66.7 Å². The second kappa shape index (κ2) is 11.5. The number of halogens is 4. The van der Waals surface area contributed by atoms with E-state index >= 15 is 0 Å². The molecule has 2 amide bonds. The zero-order valence-electron chi connectivity index (χ0n) is 20.9. The molecule has 0 aliphatic carbocycles. The molecule has 1 heterocycles. The topological polar surface area (TPSA) is 79.0 Å². The molecular formula is C28H25F4N3O4. The standard InChI is InChI=1S/C28H25F4N3O4/c1-33-24-10-9-19(18-5-4-6-20(13-18)28(30,31)32)14-22(24)27(38)35-12-11-34(15-21(35)16-36)26(37)17-39-25-8-3-2-7-23(25)29/h2-10,13-14,16,21,33H,11-12,15,17H2,1H3. The van der Waals surface area contributed by atoms with Crippen LogP contribution in [-0.2, 0) is 15.8 Å². The minimum Gasteiger partial charge on any atom is -0.481 e. The monoisotopic (exact) mass is 543 g/mol. The lowest BCUT2D eigenvalue weighted by Gasteiger charge is -2.39. The van der Waals surface area contributed by atoms with Crippen molar-refractivity contribution in [2.75, 3.05) is 38.6 Å². The van der Waals surface area contributed by atoms with E-state index in [0.29, 0.717) is 17.5 Å². The SMILES string of the molecule is CNc1ccc(-c2cccc(C(F)(F)F)c2)cc1C(=O)N1CCN(C(=O)COc2ccccc2F)CC1C=O. The van der Waals surface area contributed by atoms with E-state index in [0.717, 1.165) is 12.1 Å². The Morgan fingerprint density at radius 3 is 2.46 bits per heavy atom. The zero-order chi connectivity index (χ0) is 28.2. The summed E-state index contributed by atoms with van der Waals surface area (Å²) in [6.45, 7) is -0.386. The highest BCUT2D eigenvalue weighted by atomic mass is 19.4. The third-order valence-electron chi connectivity index (χ3n) is 6.42. The number of carbonyl (C=O) groups excluding carboxylic acids is 3. The predicted molar refractivity (Wildman–Crippen MR) is 136 cm³/mol. The van der Waals surface area contributed by atoms with Gasteiger partial charge in [-0.25, -0.2) is 4.39 Å². The summed E-state index contributed by atoms with van der Waals surface area (Å²) in [7, 11) is 1.60. The molecule has 1 aliphatic rings. The predicted octanol–water partition coefficient (Wildman–Crippen LogP) is 4.48. The van der Waals surface area contributed by atoms with Gasteiger partial charge in [-0.15, -0.1) is 0 Å². The Kier molecular flexibility index (Phi) is 8.18. The van der Waals surface area contributed by atoms with E-state index in [1.54, 1.807) is 25.2 Å². The number of nitrogens with zero attached hydrogens (tertiary/aromatic N) is 2. The molecule has 3 aromatic carbocycles. The van der Waals surface area contributed by atoms with Gasteiger partial charge in [-0.1, -0.05) is 30.3 Å². The molecule has 0 aromatic heterocycles. The average Bonchev–Trinajstić information content (AvgIpc) is 2.95. The molecule has 0 spiro atoms. The number of rotatable bonds is 7. The zero-order valence-corrected chi connectivity index (χ0v) is 20.9. The van der Waals surface area contributed by atoms with Gasteiger partial charge in [0.25, 0.3) is 11.8 Å².